The maximum atomic E-state index is 13.3. The molecule has 1 aliphatic rings. The summed E-state index contributed by atoms with van der Waals surface area (Å²) in [7, 11) is -3.92. The SMILES string of the molecule is CCC(C(=O)NC(C)C)N(Cc1ccccc1)C(=O)CCCN1C(=O)c2ccccc2S1(=O)=O. The molecule has 2 aromatic carbocycles. The number of hydrogen-bond acceptors (Lipinski definition) is 5. The van der Waals surface area contributed by atoms with E-state index >= 15 is 0 Å². The van der Waals surface area contributed by atoms with Gasteiger partial charge in [0, 0.05) is 25.6 Å². The quantitative estimate of drug-likeness (QED) is 0.557. The van der Waals surface area contributed by atoms with Gasteiger partial charge in [-0.1, -0.05) is 49.4 Å². The van der Waals surface area contributed by atoms with Gasteiger partial charge in [-0.05, 0) is 44.4 Å². The van der Waals surface area contributed by atoms with E-state index in [-0.39, 0.29) is 54.2 Å². The first kappa shape index (κ1) is 25.4. The maximum absolute atomic E-state index is 13.3. The Morgan fingerprint density at radius 1 is 1.03 bits per heavy atom. The van der Waals surface area contributed by atoms with E-state index in [9.17, 15) is 22.8 Å². The van der Waals surface area contributed by atoms with Gasteiger partial charge < -0.3 is 10.2 Å². The largest absolute Gasteiger partial charge is 0.352 e. The van der Waals surface area contributed by atoms with Crippen molar-refractivity contribution in [2.45, 2.75) is 63.6 Å². The van der Waals surface area contributed by atoms with Gasteiger partial charge >= 0.3 is 0 Å². The molecule has 1 unspecified atom stereocenters. The van der Waals surface area contributed by atoms with E-state index in [0.29, 0.717) is 6.42 Å². The van der Waals surface area contributed by atoms with Crippen LogP contribution in [0.25, 0.3) is 0 Å². The third-order valence-electron chi connectivity index (χ3n) is 5.68. The lowest BCUT2D eigenvalue weighted by Gasteiger charge is -2.31. The molecule has 34 heavy (non-hydrogen) atoms. The summed E-state index contributed by atoms with van der Waals surface area (Å²) < 4.78 is 26.3. The number of fused-ring (bicyclic) bond motifs is 1. The molecule has 0 radical (unpaired) electrons. The molecule has 8 nitrogen and oxygen atoms in total. The first-order valence-electron chi connectivity index (χ1n) is 11.5. The third kappa shape index (κ3) is 5.47. The third-order valence-corrected chi connectivity index (χ3v) is 7.52. The number of amides is 3. The number of rotatable bonds is 10. The van der Waals surface area contributed by atoms with Crippen LogP contribution in [0, 0.1) is 0 Å². The van der Waals surface area contributed by atoms with Gasteiger partial charge in [0.2, 0.25) is 11.8 Å². The van der Waals surface area contributed by atoms with Crippen molar-refractivity contribution in [3.8, 4) is 0 Å². The molecule has 0 spiro atoms. The Hall–Kier alpha value is -3.20. The number of hydrogen-bond donors (Lipinski definition) is 1. The second-order valence-electron chi connectivity index (χ2n) is 8.58. The van der Waals surface area contributed by atoms with Crippen LogP contribution in [0.2, 0.25) is 0 Å². The fraction of sp³-hybridized carbons (Fsp3) is 0.400. The molecule has 0 fully saturated rings. The second-order valence-corrected chi connectivity index (χ2v) is 10.4. The van der Waals surface area contributed by atoms with Crippen molar-refractivity contribution in [3.63, 3.8) is 0 Å². The van der Waals surface area contributed by atoms with Crippen LogP contribution < -0.4 is 5.32 Å². The Kier molecular flexibility index (Phi) is 8.09. The van der Waals surface area contributed by atoms with E-state index < -0.39 is 22.0 Å². The van der Waals surface area contributed by atoms with Crippen LogP contribution in [0.15, 0.2) is 59.5 Å². The lowest BCUT2D eigenvalue weighted by Crippen LogP contribution is -2.50. The average molecular weight is 486 g/mol. The zero-order valence-electron chi connectivity index (χ0n) is 19.7. The lowest BCUT2D eigenvalue weighted by molar-refractivity contribution is -0.141. The van der Waals surface area contributed by atoms with Crippen LogP contribution >= 0.6 is 0 Å². The molecule has 0 aliphatic carbocycles. The highest BCUT2D eigenvalue weighted by atomic mass is 32.2. The first-order valence-corrected chi connectivity index (χ1v) is 12.9. The van der Waals surface area contributed by atoms with Gasteiger partial charge in [0.1, 0.15) is 10.9 Å². The summed E-state index contributed by atoms with van der Waals surface area (Å²) in [6.07, 6.45) is 0.602. The van der Waals surface area contributed by atoms with Gasteiger partial charge in [0.05, 0.1) is 5.56 Å². The number of carbonyl (C=O) groups is 3. The number of nitrogens with zero attached hydrogens (tertiary/aromatic N) is 2. The maximum Gasteiger partial charge on any atom is 0.269 e. The average Bonchev–Trinajstić information content (AvgIpc) is 2.99. The predicted molar refractivity (Wildman–Crippen MR) is 128 cm³/mol. The molecule has 9 heteroatoms. The number of carbonyl (C=O) groups excluding carboxylic acids is 3. The van der Waals surface area contributed by atoms with E-state index in [0.717, 1.165) is 9.87 Å². The van der Waals surface area contributed by atoms with E-state index in [1.54, 1.807) is 17.0 Å². The molecule has 2 aromatic rings. The topological polar surface area (TPSA) is 104 Å². The zero-order valence-corrected chi connectivity index (χ0v) is 20.5. The van der Waals surface area contributed by atoms with E-state index in [4.69, 9.17) is 0 Å². The standard InChI is InChI=1S/C25H31N3O5S/c1-4-21(24(30)26-18(2)3)27(17-19-11-6-5-7-12-19)23(29)15-10-16-28-25(31)20-13-8-9-14-22(20)34(28,32)33/h5-9,11-14,18,21H,4,10,15-17H2,1-3H3,(H,26,30). The minimum atomic E-state index is -3.92. The smallest absolute Gasteiger partial charge is 0.269 e. The van der Waals surface area contributed by atoms with Gasteiger partial charge in [-0.15, -0.1) is 0 Å². The first-order chi connectivity index (χ1) is 16.2. The van der Waals surface area contributed by atoms with Crippen molar-refractivity contribution in [1.29, 1.82) is 0 Å². The molecular weight excluding hydrogens is 454 g/mol. The van der Waals surface area contributed by atoms with Crippen molar-refractivity contribution in [1.82, 2.24) is 14.5 Å². The second kappa shape index (κ2) is 10.8. The molecular formula is C25H31N3O5S. The fourth-order valence-electron chi connectivity index (χ4n) is 4.05. The lowest BCUT2D eigenvalue weighted by atomic mass is 10.1. The highest BCUT2D eigenvalue weighted by Gasteiger charge is 2.40. The summed E-state index contributed by atoms with van der Waals surface area (Å²) >= 11 is 0. The highest BCUT2D eigenvalue weighted by molar-refractivity contribution is 7.90. The van der Waals surface area contributed by atoms with Gasteiger partial charge in [-0.3, -0.25) is 14.4 Å². The Morgan fingerprint density at radius 2 is 1.68 bits per heavy atom. The van der Waals surface area contributed by atoms with Crippen LogP contribution in [-0.4, -0.2) is 54.0 Å². The minimum absolute atomic E-state index is 0.00608. The Bertz CT molecular complexity index is 1150. The molecule has 3 amide bonds. The summed E-state index contributed by atoms with van der Waals surface area (Å²) in [6.45, 7) is 5.73. The van der Waals surface area contributed by atoms with E-state index in [1.807, 2.05) is 51.1 Å². The van der Waals surface area contributed by atoms with Gasteiger partial charge in [-0.25, -0.2) is 12.7 Å². The van der Waals surface area contributed by atoms with Gasteiger partial charge in [0.15, 0.2) is 0 Å². The van der Waals surface area contributed by atoms with Gasteiger partial charge in [0.25, 0.3) is 15.9 Å². The van der Waals surface area contributed by atoms with Crippen LogP contribution in [0.1, 0.15) is 56.0 Å². The summed E-state index contributed by atoms with van der Waals surface area (Å²) in [5.74, 6) is -1.07. The summed E-state index contributed by atoms with van der Waals surface area (Å²) in [5.41, 5.74) is 1.04. The molecule has 0 saturated heterocycles. The Labute approximate surface area is 201 Å². The van der Waals surface area contributed by atoms with Gasteiger partial charge in [-0.2, -0.15) is 0 Å². The van der Waals surface area contributed by atoms with Crippen LogP contribution in [0.3, 0.4) is 0 Å². The molecule has 1 aliphatic heterocycles. The minimum Gasteiger partial charge on any atom is -0.352 e. The molecule has 0 aromatic heterocycles. The van der Waals surface area contributed by atoms with E-state index in [2.05, 4.69) is 5.32 Å². The molecule has 1 atom stereocenters. The van der Waals surface area contributed by atoms with Crippen molar-refractivity contribution < 1.29 is 22.8 Å². The predicted octanol–water partition coefficient (Wildman–Crippen LogP) is 2.94. The number of nitrogens with one attached hydrogen (secondary N) is 1. The summed E-state index contributed by atoms with van der Waals surface area (Å²) in [4.78, 5) is 40.2. The monoisotopic (exact) mass is 485 g/mol. The normalized spacial score (nSPS) is 15.2. The molecule has 1 N–H and O–H groups in total. The molecule has 3 rings (SSSR count). The molecule has 1 heterocycles. The van der Waals surface area contributed by atoms with E-state index in [1.165, 1.54) is 12.1 Å². The highest BCUT2D eigenvalue weighted by Crippen LogP contribution is 2.30. The summed E-state index contributed by atoms with van der Waals surface area (Å²) in [6, 6.07) is 14.8. The van der Waals surface area contributed by atoms with Crippen LogP contribution in [0.5, 0.6) is 0 Å². The Balaban J connectivity index is 1.73. The van der Waals surface area contributed by atoms with Crippen molar-refractivity contribution >= 4 is 27.7 Å². The Morgan fingerprint density at radius 3 is 2.29 bits per heavy atom. The molecule has 0 saturated carbocycles. The zero-order chi connectivity index (χ0) is 24.9. The van der Waals surface area contributed by atoms with Crippen molar-refractivity contribution in [2.75, 3.05) is 6.54 Å². The van der Waals surface area contributed by atoms with Crippen molar-refractivity contribution in [3.05, 3.63) is 65.7 Å². The molecule has 0 bridgehead atoms. The van der Waals surface area contributed by atoms with Crippen LogP contribution in [-0.2, 0) is 26.2 Å². The summed E-state index contributed by atoms with van der Waals surface area (Å²) in [5, 5.41) is 2.88. The fourth-order valence-corrected chi connectivity index (χ4v) is 5.66. The molecule has 182 valence electrons. The number of benzene rings is 2. The van der Waals surface area contributed by atoms with Crippen molar-refractivity contribution in [2.24, 2.45) is 0 Å². The number of sulfonamides is 1. The van der Waals surface area contributed by atoms with Crippen LogP contribution in [0.4, 0.5) is 0 Å².